The van der Waals surface area contributed by atoms with E-state index in [9.17, 15) is 18.0 Å². The zero-order chi connectivity index (χ0) is 20.5. The van der Waals surface area contributed by atoms with Crippen LogP contribution < -0.4 is 10.1 Å². The zero-order valence-corrected chi connectivity index (χ0v) is 16.7. The molecule has 148 valence electrons. The summed E-state index contributed by atoms with van der Waals surface area (Å²) in [7, 11) is -3.34. The maximum Gasteiger partial charge on any atom is 0.325 e. The number of ether oxygens (including phenoxy) is 1. The molecule has 0 spiro atoms. The first-order valence-electron chi connectivity index (χ1n) is 8.75. The molecule has 1 aliphatic rings. The molecule has 2 aromatic carbocycles. The van der Waals surface area contributed by atoms with E-state index in [1.807, 2.05) is 31.2 Å². The highest BCUT2D eigenvalue weighted by Gasteiger charge is 2.48. The highest BCUT2D eigenvalue weighted by atomic mass is 32.2. The van der Waals surface area contributed by atoms with E-state index in [-0.39, 0.29) is 18.0 Å². The molecule has 1 heterocycles. The number of amides is 3. The van der Waals surface area contributed by atoms with Crippen molar-refractivity contribution in [2.75, 3.05) is 19.4 Å². The number of urea groups is 1. The third kappa shape index (κ3) is 3.87. The van der Waals surface area contributed by atoms with Gasteiger partial charge < -0.3 is 10.1 Å². The first-order valence-corrected chi connectivity index (χ1v) is 10.6. The number of carbonyl (C=O) groups is 2. The van der Waals surface area contributed by atoms with Gasteiger partial charge in [-0.25, -0.2) is 13.2 Å². The minimum absolute atomic E-state index is 0.107. The van der Waals surface area contributed by atoms with Gasteiger partial charge in [0.1, 0.15) is 17.9 Å². The Labute approximate surface area is 164 Å². The Morgan fingerprint density at radius 3 is 2.39 bits per heavy atom. The Bertz CT molecular complexity index is 1020. The predicted octanol–water partition coefficient (Wildman–Crippen LogP) is 2.24. The Balaban J connectivity index is 1.71. The van der Waals surface area contributed by atoms with E-state index in [1.54, 1.807) is 19.1 Å². The molecule has 28 heavy (non-hydrogen) atoms. The van der Waals surface area contributed by atoms with Gasteiger partial charge in [0.05, 0.1) is 11.4 Å². The molecule has 1 N–H and O–H groups in total. The molecule has 0 aliphatic carbocycles. The summed E-state index contributed by atoms with van der Waals surface area (Å²) in [5.41, 5.74) is 0.314. The molecule has 3 amide bonds. The van der Waals surface area contributed by atoms with Gasteiger partial charge in [0.2, 0.25) is 0 Å². The Morgan fingerprint density at radius 1 is 1.11 bits per heavy atom. The smallest absolute Gasteiger partial charge is 0.325 e. The zero-order valence-electron chi connectivity index (χ0n) is 15.9. The van der Waals surface area contributed by atoms with Crippen molar-refractivity contribution in [3.63, 3.8) is 0 Å². The fourth-order valence-corrected chi connectivity index (χ4v) is 3.72. The van der Waals surface area contributed by atoms with Crippen LogP contribution in [0.1, 0.15) is 18.1 Å². The Morgan fingerprint density at radius 2 is 1.79 bits per heavy atom. The topological polar surface area (TPSA) is 92.8 Å². The number of nitrogens with zero attached hydrogens (tertiary/aromatic N) is 1. The van der Waals surface area contributed by atoms with Crippen LogP contribution in [0.3, 0.4) is 0 Å². The fourth-order valence-electron chi connectivity index (χ4n) is 3.09. The number of carbonyl (C=O) groups excluding carboxylic acids is 2. The van der Waals surface area contributed by atoms with Gasteiger partial charge in [-0.15, -0.1) is 0 Å². The van der Waals surface area contributed by atoms with E-state index >= 15 is 0 Å². The lowest BCUT2D eigenvalue weighted by atomic mass is 9.92. The average molecular weight is 402 g/mol. The lowest BCUT2D eigenvalue weighted by Gasteiger charge is -2.22. The van der Waals surface area contributed by atoms with E-state index in [1.165, 1.54) is 12.1 Å². The van der Waals surface area contributed by atoms with Crippen LogP contribution in [0.15, 0.2) is 53.4 Å². The molecular formula is C20H22N2O5S. The number of rotatable bonds is 6. The summed E-state index contributed by atoms with van der Waals surface area (Å²) in [5, 5.41) is 2.69. The first kappa shape index (κ1) is 19.9. The molecule has 0 radical (unpaired) electrons. The van der Waals surface area contributed by atoms with Crippen LogP contribution >= 0.6 is 0 Å². The summed E-state index contributed by atoms with van der Waals surface area (Å²) in [5.74, 6) is 0.267. The van der Waals surface area contributed by atoms with Gasteiger partial charge in [-0.1, -0.05) is 24.3 Å². The molecule has 0 aromatic heterocycles. The van der Waals surface area contributed by atoms with Gasteiger partial charge in [-0.2, -0.15) is 0 Å². The van der Waals surface area contributed by atoms with Gasteiger partial charge in [0, 0.05) is 6.26 Å². The highest BCUT2D eigenvalue weighted by molar-refractivity contribution is 7.90. The number of nitrogens with one attached hydrogen (secondary N) is 1. The van der Waals surface area contributed by atoms with Crippen molar-refractivity contribution >= 4 is 21.8 Å². The van der Waals surface area contributed by atoms with Crippen molar-refractivity contribution < 1.29 is 22.7 Å². The van der Waals surface area contributed by atoms with Crippen molar-refractivity contribution in [1.29, 1.82) is 0 Å². The summed E-state index contributed by atoms with van der Waals surface area (Å²) < 4.78 is 28.9. The number of hydrogen-bond donors (Lipinski definition) is 1. The summed E-state index contributed by atoms with van der Waals surface area (Å²) in [4.78, 5) is 26.5. The number of imide groups is 1. The molecule has 1 aliphatic heterocycles. The molecule has 7 nitrogen and oxygen atoms in total. The molecule has 0 unspecified atom stereocenters. The van der Waals surface area contributed by atoms with Gasteiger partial charge in [0.15, 0.2) is 9.84 Å². The van der Waals surface area contributed by atoms with Gasteiger partial charge >= 0.3 is 6.03 Å². The monoisotopic (exact) mass is 402 g/mol. The maximum atomic E-state index is 12.9. The van der Waals surface area contributed by atoms with Crippen LogP contribution in [0.4, 0.5) is 4.79 Å². The maximum absolute atomic E-state index is 12.9. The molecule has 2 aromatic rings. The quantitative estimate of drug-likeness (QED) is 0.748. The molecule has 8 heteroatoms. The second-order valence-electron chi connectivity index (χ2n) is 6.97. The Kier molecular flexibility index (Phi) is 5.16. The summed E-state index contributed by atoms with van der Waals surface area (Å²) >= 11 is 0. The van der Waals surface area contributed by atoms with Crippen LogP contribution in [-0.2, 0) is 20.2 Å². The second-order valence-corrected chi connectivity index (χ2v) is 8.99. The first-order chi connectivity index (χ1) is 13.1. The van der Waals surface area contributed by atoms with E-state index in [0.29, 0.717) is 11.3 Å². The number of benzene rings is 2. The van der Waals surface area contributed by atoms with E-state index in [2.05, 4.69) is 5.32 Å². The van der Waals surface area contributed by atoms with Gasteiger partial charge in [0.25, 0.3) is 5.91 Å². The average Bonchev–Trinajstić information content (AvgIpc) is 2.85. The van der Waals surface area contributed by atoms with Crippen LogP contribution in [0, 0.1) is 6.92 Å². The van der Waals surface area contributed by atoms with E-state index < -0.39 is 27.3 Å². The molecule has 1 atom stereocenters. The van der Waals surface area contributed by atoms with Crippen molar-refractivity contribution in [2.45, 2.75) is 24.3 Å². The second kappa shape index (κ2) is 7.27. The lowest BCUT2D eigenvalue weighted by molar-refractivity contribution is -0.131. The molecular weight excluding hydrogens is 380 g/mol. The highest BCUT2D eigenvalue weighted by Crippen LogP contribution is 2.29. The number of aryl methyl sites for hydroxylation is 1. The van der Waals surface area contributed by atoms with E-state index in [4.69, 9.17) is 4.74 Å². The van der Waals surface area contributed by atoms with Crippen LogP contribution in [0.5, 0.6) is 5.75 Å². The molecule has 1 fully saturated rings. The van der Waals surface area contributed by atoms with Crippen LogP contribution in [0.25, 0.3) is 0 Å². The minimum atomic E-state index is -3.34. The number of sulfone groups is 1. The van der Waals surface area contributed by atoms with E-state index in [0.717, 1.165) is 16.7 Å². The fraction of sp³-hybridized carbons (Fsp3) is 0.300. The minimum Gasteiger partial charge on any atom is -0.492 e. The van der Waals surface area contributed by atoms with Crippen molar-refractivity contribution in [3.8, 4) is 5.75 Å². The summed E-state index contributed by atoms with van der Waals surface area (Å²) in [6.45, 7) is 3.83. The summed E-state index contributed by atoms with van der Waals surface area (Å²) in [6.07, 6.45) is 1.11. The van der Waals surface area contributed by atoms with Crippen molar-refractivity contribution in [1.82, 2.24) is 10.2 Å². The third-order valence-electron chi connectivity index (χ3n) is 4.71. The lowest BCUT2D eigenvalue weighted by Crippen LogP contribution is -2.41. The molecule has 3 rings (SSSR count). The standard InChI is InChI=1S/C20H22N2O5S/c1-14-5-4-6-16(13-14)27-12-11-22-18(23)20(2,21-19(22)24)15-7-9-17(10-8-15)28(3,25)26/h4-10,13H,11-12H2,1-3H3,(H,21,24)/t20-/m1/s1. The van der Waals surface area contributed by atoms with Crippen LogP contribution in [-0.4, -0.2) is 44.7 Å². The predicted molar refractivity (Wildman–Crippen MR) is 104 cm³/mol. The SMILES string of the molecule is Cc1cccc(OCCN2C(=O)N[C@](C)(c3ccc(S(C)(=O)=O)cc3)C2=O)c1. The Hall–Kier alpha value is -2.87. The van der Waals surface area contributed by atoms with Crippen molar-refractivity contribution in [2.24, 2.45) is 0 Å². The molecule has 0 bridgehead atoms. The third-order valence-corrected chi connectivity index (χ3v) is 5.84. The summed E-state index contributed by atoms with van der Waals surface area (Å²) in [6, 6.07) is 12.9. The number of hydrogen-bond acceptors (Lipinski definition) is 5. The van der Waals surface area contributed by atoms with Gasteiger partial charge in [-0.3, -0.25) is 9.69 Å². The van der Waals surface area contributed by atoms with Crippen molar-refractivity contribution in [3.05, 3.63) is 59.7 Å². The molecule has 1 saturated heterocycles. The largest absolute Gasteiger partial charge is 0.492 e. The normalized spacial score (nSPS) is 19.6. The molecule has 0 saturated carbocycles. The van der Waals surface area contributed by atoms with Crippen LogP contribution in [0.2, 0.25) is 0 Å². The van der Waals surface area contributed by atoms with Gasteiger partial charge in [-0.05, 0) is 49.2 Å².